The first-order valence-electron chi connectivity index (χ1n) is 13.4. The molecule has 0 saturated carbocycles. The van der Waals surface area contributed by atoms with Gasteiger partial charge in [0, 0.05) is 24.8 Å². The maximum Gasteiger partial charge on any atom is 0.416 e. The van der Waals surface area contributed by atoms with E-state index in [-0.39, 0.29) is 23.6 Å². The molecule has 214 valence electrons. The lowest BCUT2D eigenvalue weighted by molar-refractivity contribution is -0.142. The largest absolute Gasteiger partial charge is 0.488 e. The van der Waals surface area contributed by atoms with Crippen LogP contribution in [0.5, 0.6) is 5.75 Å². The lowest BCUT2D eigenvalue weighted by atomic mass is 9.97. The highest BCUT2D eigenvalue weighted by molar-refractivity contribution is 5.71. The molecule has 10 heteroatoms. The van der Waals surface area contributed by atoms with E-state index in [1.807, 2.05) is 42.2 Å². The van der Waals surface area contributed by atoms with Crippen molar-refractivity contribution in [3.63, 3.8) is 0 Å². The number of halogens is 3. The molecule has 42 heavy (non-hydrogen) atoms. The van der Waals surface area contributed by atoms with E-state index in [1.54, 1.807) is 12.1 Å². The fraction of sp³-hybridized carbons (Fsp3) is 0.250. The van der Waals surface area contributed by atoms with E-state index in [9.17, 15) is 23.1 Å². The first-order valence-corrected chi connectivity index (χ1v) is 13.4. The SMILES string of the molecule is Cc1cc(-c2ccc(C#N)cc2)ccc1COc1ccc(C(F)(F)F)cc1-c1ccnc(N2CCC(C(=O)O)CC2)n1. The van der Waals surface area contributed by atoms with Crippen LogP contribution in [0.2, 0.25) is 0 Å². The Morgan fingerprint density at radius 3 is 2.40 bits per heavy atom. The molecule has 0 bridgehead atoms. The van der Waals surface area contributed by atoms with Gasteiger partial charge in [-0.1, -0.05) is 30.3 Å². The van der Waals surface area contributed by atoms with Crippen molar-refractivity contribution in [3.8, 4) is 34.2 Å². The third kappa shape index (κ3) is 6.36. The molecule has 1 aromatic heterocycles. The van der Waals surface area contributed by atoms with Crippen LogP contribution in [0.25, 0.3) is 22.4 Å². The van der Waals surface area contributed by atoms with Crippen molar-refractivity contribution in [2.24, 2.45) is 5.92 Å². The molecule has 2 heterocycles. The summed E-state index contributed by atoms with van der Waals surface area (Å²) in [6.07, 6.45) is -2.20. The van der Waals surface area contributed by atoms with Gasteiger partial charge in [-0.05, 0) is 78.4 Å². The van der Waals surface area contributed by atoms with E-state index in [4.69, 9.17) is 10.00 Å². The summed E-state index contributed by atoms with van der Waals surface area (Å²) in [6, 6.07) is 20.1. The minimum Gasteiger partial charge on any atom is -0.488 e. The zero-order chi connectivity index (χ0) is 29.9. The molecule has 0 atom stereocenters. The van der Waals surface area contributed by atoms with E-state index < -0.39 is 23.6 Å². The Morgan fingerprint density at radius 1 is 1.05 bits per heavy atom. The summed E-state index contributed by atoms with van der Waals surface area (Å²) in [5, 5.41) is 18.3. The second-order valence-electron chi connectivity index (χ2n) is 10.2. The third-order valence-electron chi connectivity index (χ3n) is 7.43. The predicted molar refractivity (Wildman–Crippen MR) is 151 cm³/mol. The van der Waals surface area contributed by atoms with Gasteiger partial charge in [0.15, 0.2) is 0 Å². The van der Waals surface area contributed by atoms with Crippen molar-refractivity contribution in [2.45, 2.75) is 32.5 Å². The second kappa shape index (κ2) is 11.9. The molecule has 0 spiro atoms. The summed E-state index contributed by atoms with van der Waals surface area (Å²) < 4.78 is 47.1. The summed E-state index contributed by atoms with van der Waals surface area (Å²) in [4.78, 5) is 22.0. The molecule has 1 fully saturated rings. The molecule has 0 amide bonds. The highest BCUT2D eigenvalue weighted by atomic mass is 19.4. The maximum absolute atomic E-state index is 13.7. The number of ether oxygens (including phenoxy) is 1. The van der Waals surface area contributed by atoms with Gasteiger partial charge in [-0.15, -0.1) is 0 Å². The number of benzene rings is 3. The smallest absolute Gasteiger partial charge is 0.416 e. The van der Waals surface area contributed by atoms with Gasteiger partial charge in [0.1, 0.15) is 12.4 Å². The Labute approximate surface area is 240 Å². The number of rotatable bonds is 7. The zero-order valence-electron chi connectivity index (χ0n) is 22.7. The number of piperidine rings is 1. The van der Waals surface area contributed by atoms with E-state index in [0.29, 0.717) is 37.4 Å². The number of aliphatic carboxylic acids is 1. The molecule has 4 aromatic rings. The number of aromatic nitrogens is 2. The van der Waals surface area contributed by atoms with E-state index in [2.05, 4.69) is 16.0 Å². The van der Waals surface area contributed by atoms with Gasteiger partial charge in [-0.2, -0.15) is 18.4 Å². The average molecular weight is 573 g/mol. The molecule has 3 aromatic carbocycles. The molecule has 0 unspecified atom stereocenters. The highest BCUT2D eigenvalue weighted by Crippen LogP contribution is 2.37. The number of nitriles is 1. The van der Waals surface area contributed by atoms with Gasteiger partial charge in [0.2, 0.25) is 5.95 Å². The standard InChI is InChI=1S/C32H27F3N4O3/c1-20-16-24(22-4-2-21(18-36)3-5-22)6-7-25(20)19-42-29-9-8-26(32(33,34)35)17-27(29)28-10-13-37-31(38-28)39-14-11-23(12-15-39)30(40)41/h2-10,13,16-17,23H,11-12,14-15,19H2,1H3,(H,40,41). The van der Waals surface area contributed by atoms with E-state index in [0.717, 1.165) is 34.4 Å². The fourth-order valence-electron chi connectivity index (χ4n) is 4.94. The Bertz CT molecular complexity index is 1640. The molecule has 1 saturated heterocycles. The van der Waals surface area contributed by atoms with Crippen molar-refractivity contribution in [3.05, 3.63) is 95.2 Å². The number of carbonyl (C=O) groups is 1. The number of anilines is 1. The molecule has 1 aliphatic heterocycles. The molecule has 0 radical (unpaired) electrons. The summed E-state index contributed by atoms with van der Waals surface area (Å²) >= 11 is 0. The minimum absolute atomic E-state index is 0.124. The van der Waals surface area contributed by atoms with Crippen LogP contribution >= 0.6 is 0 Å². The van der Waals surface area contributed by atoms with Crippen molar-refractivity contribution in [2.75, 3.05) is 18.0 Å². The number of alkyl halides is 3. The first kappa shape index (κ1) is 28.6. The van der Waals surface area contributed by atoms with Crippen LogP contribution in [-0.2, 0) is 17.6 Å². The van der Waals surface area contributed by atoms with Crippen LogP contribution in [0.1, 0.15) is 35.1 Å². The van der Waals surface area contributed by atoms with Gasteiger partial charge in [0.05, 0.1) is 28.8 Å². The van der Waals surface area contributed by atoms with Crippen LogP contribution < -0.4 is 9.64 Å². The summed E-state index contributed by atoms with van der Waals surface area (Å²) in [7, 11) is 0. The fourth-order valence-corrected chi connectivity index (χ4v) is 4.94. The lowest BCUT2D eigenvalue weighted by Crippen LogP contribution is -2.37. The molecule has 1 N–H and O–H groups in total. The summed E-state index contributed by atoms with van der Waals surface area (Å²) in [5.74, 6) is -0.703. The van der Waals surface area contributed by atoms with Crippen LogP contribution in [0, 0.1) is 24.2 Å². The minimum atomic E-state index is -4.56. The van der Waals surface area contributed by atoms with Crippen LogP contribution in [0.15, 0.2) is 72.9 Å². The quantitative estimate of drug-likeness (QED) is 0.257. The van der Waals surface area contributed by atoms with Crippen molar-refractivity contribution >= 4 is 11.9 Å². The van der Waals surface area contributed by atoms with E-state index in [1.165, 1.54) is 18.3 Å². The van der Waals surface area contributed by atoms with Crippen molar-refractivity contribution < 1.29 is 27.8 Å². The first-order chi connectivity index (χ1) is 20.1. The Kier molecular flexibility index (Phi) is 8.11. The molecular formula is C32H27F3N4O3. The van der Waals surface area contributed by atoms with Gasteiger partial charge in [-0.3, -0.25) is 4.79 Å². The molecular weight excluding hydrogens is 545 g/mol. The Hall–Kier alpha value is -4.91. The van der Waals surface area contributed by atoms with Crippen LogP contribution in [0.4, 0.5) is 19.1 Å². The van der Waals surface area contributed by atoms with Gasteiger partial charge in [0.25, 0.3) is 0 Å². The van der Waals surface area contributed by atoms with Crippen molar-refractivity contribution in [1.29, 1.82) is 5.26 Å². The normalized spacial score (nSPS) is 13.9. The maximum atomic E-state index is 13.7. The Balaban J connectivity index is 1.40. The topological polar surface area (TPSA) is 99.3 Å². The number of nitrogens with zero attached hydrogens (tertiary/aromatic N) is 4. The van der Waals surface area contributed by atoms with Gasteiger partial charge in [-0.25, -0.2) is 9.97 Å². The number of hydrogen-bond donors (Lipinski definition) is 1. The summed E-state index contributed by atoms with van der Waals surface area (Å²) in [6.45, 7) is 2.93. The number of hydrogen-bond acceptors (Lipinski definition) is 6. The monoisotopic (exact) mass is 572 g/mol. The average Bonchev–Trinajstić information content (AvgIpc) is 3.00. The molecule has 5 rings (SSSR count). The van der Waals surface area contributed by atoms with Crippen LogP contribution in [0.3, 0.4) is 0 Å². The third-order valence-corrected chi connectivity index (χ3v) is 7.43. The zero-order valence-corrected chi connectivity index (χ0v) is 22.7. The second-order valence-corrected chi connectivity index (χ2v) is 10.2. The molecule has 0 aliphatic carbocycles. The van der Waals surface area contributed by atoms with Crippen LogP contribution in [-0.4, -0.2) is 34.1 Å². The molecule has 7 nitrogen and oxygen atoms in total. The number of aryl methyl sites for hydroxylation is 1. The highest BCUT2D eigenvalue weighted by Gasteiger charge is 2.32. The van der Waals surface area contributed by atoms with Crippen molar-refractivity contribution in [1.82, 2.24) is 9.97 Å². The van der Waals surface area contributed by atoms with E-state index >= 15 is 0 Å². The van der Waals surface area contributed by atoms with Gasteiger partial charge >= 0.3 is 12.1 Å². The Morgan fingerprint density at radius 2 is 1.76 bits per heavy atom. The number of carboxylic acid groups (broad SMARTS) is 1. The van der Waals surface area contributed by atoms with Gasteiger partial charge < -0.3 is 14.7 Å². The number of carboxylic acids is 1. The predicted octanol–water partition coefficient (Wildman–Crippen LogP) is 6.89. The lowest BCUT2D eigenvalue weighted by Gasteiger charge is -2.30. The molecule has 1 aliphatic rings. The summed E-state index contributed by atoms with van der Waals surface area (Å²) in [5.41, 5.74) is 3.94.